The van der Waals surface area contributed by atoms with E-state index in [-0.39, 0.29) is 5.41 Å². The van der Waals surface area contributed by atoms with E-state index in [2.05, 4.69) is 55.0 Å². The number of hydrogen-bond acceptors (Lipinski definition) is 5. The Kier molecular flexibility index (Phi) is 8.07. The van der Waals surface area contributed by atoms with Crippen molar-refractivity contribution < 1.29 is 9.47 Å². The molecule has 6 heteroatoms. The summed E-state index contributed by atoms with van der Waals surface area (Å²) in [5.74, 6) is 1.54. The molecular weight excluding hydrogens is 424 g/mol. The molecular formula is C25H30N2O2S2. The summed E-state index contributed by atoms with van der Waals surface area (Å²) in [6, 6.07) is 18.1. The molecule has 2 aromatic carbocycles. The number of nitrogens with one attached hydrogen (secondary N) is 1. The molecule has 3 aromatic rings. The largest absolute Gasteiger partial charge is 0.492 e. The molecule has 0 aliphatic heterocycles. The van der Waals surface area contributed by atoms with Crippen LogP contribution in [-0.4, -0.2) is 25.4 Å². The van der Waals surface area contributed by atoms with Gasteiger partial charge in [-0.15, -0.1) is 0 Å². The molecule has 0 saturated heterocycles. The Hall–Kier alpha value is -2.41. The normalized spacial score (nSPS) is 11.2. The van der Waals surface area contributed by atoms with Crippen LogP contribution >= 0.6 is 23.6 Å². The van der Waals surface area contributed by atoms with Crippen LogP contribution in [0.2, 0.25) is 0 Å². The van der Waals surface area contributed by atoms with Gasteiger partial charge in [-0.1, -0.05) is 39.0 Å². The lowest BCUT2D eigenvalue weighted by atomic mass is 9.87. The smallest absolute Gasteiger partial charge is 0.269 e. The van der Waals surface area contributed by atoms with Crippen LogP contribution in [0.3, 0.4) is 0 Å². The van der Waals surface area contributed by atoms with Gasteiger partial charge in [-0.25, -0.2) is 0 Å². The van der Waals surface area contributed by atoms with Gasteiger partial charge in [0, 0.05) is 31.9 Å². The van der Waals surface area contributed by atoms with E-state index in [1.54, 1.807) is 11.3 Å². The molecule has 1 heterocycles. The van der Waals surface area contributed by atoms with Crippen LogP contribution in [0.5, 0.6) is 11.5 Å². The number of nitrogens with zero attached hydrogens (tertiary/aromatic N) is 1. The van der Waals surface area contributed by atoms with E-state index in [0.717, 1.165) is 30.3 Å². The summed E-state index contributed by atoms with van der Waals surface area (Å²) in [4.78, 5) is 1.84. The van der Waals surface area contributed by atoms with E-state index in [4.69, 9.17) is 21.7 Å². The summed E-state index contributed by atoms with van der Waals surface area (Å²) in [6.07, 6.45) is 0. The van der Waals surface area contributed by atoms with Crippen LogP contribution in [0.15, 0.2) is 65.4 Å². The maximum atomic E-state index is 5.89. The molecule has 0 saturated carbocycles. The Morgan fingerprint density at radius 2 is 1.84 bits per heavy atom. The standard InChI is InChI=1S/C25H30N2O2S2/c1-25(2,3)20-8-10-22(11-9-20)29-24(30)27(4)21-6-5-7-23(16-21)28-14-13-26-17-19-12-15-31-18-19/h5-12,15-16,18,26H,13-14,17H2,1-4H3. The maximum absolute atomic E-state index is 5.89. The van der Waals surface area contributed by atoms with Crippen molar-refractivity contribution in [3.05, 3.63) is 76.5 Å². The Labute approximate surface area is 194 Å². The minimum absolute atomic E-state index is 0.107. The lowest BCUT2D eigenvalue weighted by molar-refractivity contribution is 0.314. The van der Waals surface area contributed by atoms with Crippen molar-refractivity contribution in [3.8, 4) is 11.5 Å². The highest BCUT2D eigenvalue weighted by Gasteiger charge is 2.14. The number of ether oxygens (including phenoxy) is 2. The molecule has 0 radical (unpaired) electrons. The molecule has 164 valence electrons. The van der Waals surface area contributed by atoms with Crippen molar-refractivity contribution in [3.63, 3.8) is 0 Å². The highest BCUT2D eigenvalue weighted by molar-refractivity contribution is 7.80. The minimum atomic E-state index is 0.107. The van der Waals surface area contributed by atoms with E-state index in [1.807, 2.05) is 48.3 Å². The summed E-state index contributed by atoms with van der Waals surface area (Å²) in [6.45, 7) is 8.81. The van der Waals surface area contributed by atoms with E-state index >= 15 is 0 Å². The average Bonchev–Trinajstić information content (AvgIpc) is 3.26. The predicted molar refractivity (Wildman–Crippen MR) is 135 cm³/mol. The highest BCUT2D eigenvalue weighted by Crippen LogP contribution is 2.25. The molecule has 0 unspecified atom stereocenters. The maximum Gasteiger partial charge on any atom is 0.269 e. The van der Waals surface area contributed by atoms with E-state index in [1.165, 1.54) is 11.1 Å². The first kappa shape index (κ1) is 23.3. The summed E-state index contributed by atoms with van der Waals surface area (Å²) < 4.78 is 11.8. The minimum Gasteiger partial charge on any atom is -0.492 e. The second kappa shape index (κ2) is 10.8. The van der Waals surface area contributed by atoms with Crippen LogP contribution in [0.1, 0.15) is 31.9 Å². The third kappa shape index (κ3) is 7.06. The Morgan fingerprint density at radius 1 is 1.06 bits per heavy atom. The number of hydrogen-bond donors (Lipinski definition) is 1. The quantitative estimate of drug-likeness (QED) is 0.333. The van der Waals surface area contributed by atoms with Gasteiger partial charge in [-0.05, 0) is 69.9 Å². The Balaban J connectivity index is 1.50. The fraction of sp³-hybridized carbons (Fsp3) is 0.320. The zero-order chi connectivity index (χ0) is 22.3. The second-order valence-corrected chi connectivity index (χ2v) is 9.48. The molecule has 0 aliphatic rings. The second-order valence-electron chi connectivity index (χ2n) is 8.36. The van der Waals surface area contributed by atoms with Crippen molar-refractivity contribution in [2.75, 3.05) is 25.1 Å². The lowest BCUT2D eigenvalue weighted by Gasteiger charge is -2.22. The summed E-state index contributed by atoms with van der Waals surface area (Å²) >= 11 is 7.22. The third-order valence-corrected chi connectivity index (χ3v) is 5.95. The van der Waals surface area contributed by atoms with Crippen LogP contribution in [0.25, 0.3) is 0 Å². The monoisotopic (exact) mass is 454 g/mol. The third-order valence-electron chi connectivity index (χ3n) is 4.86. The predicted octanol–water partition coefficient (Wildman–Crippen LogP) is 6.01. The van der Waals surface area contributed by atoms with Crippen molar-refractivity contribution in [2.45, 2.75) is 32.7 Å². The first-order chi connectivity index (χ1) is 14.8. The molecule has 0 spiro atoms. The van der Waals surface area contributed by atoms with Crippen molar-refractivity contribution in [1.82, 2.24) is 5.32 Å². The Morgan fingerprint density at radius 3 is 2.52 bits per heavy atom. The zero-order valence-corrected chi connectivity index (χ0v) is 20.2. The van der Waals surface area contributed by atoms with Gasteiger partial charge in [0.1, 0.15) is 18.1 Å². The molecule has 0 fully saturated rings. The molecule has 0 aliphatic carbocycles. The van der Waals surface area contributed by atoms with Crippen LogP contribution in [0, 0.1) is 0 Å². The number of thiophene rings is 1. The number of thiocarbonyl (C=S) groups is 1. The molecule has 31 heavy (non-hydrogen) atoms. The van der Waals surface area contributed by atoms with Crippen LogP contribution in [0.4, 0.5) is 5.69 Å². The summed E-state index contributed by atoms with van der Waals surface area (Å²) in [5.41, 5.74) is 3.58. The van der Waals surface area contributed by atoms with E-state index in [0.29, 0.717) is 11.8 Å². The molecule has 1 N–H and O–H groups in total. The molecule has 3 rings (SSSR count). The Bertz CT molecular complexity index is 964. The number of rotatable bonds is 8. The molecule has 0 bridgehead atoms. The van der Waals surface area contributed by atoms with Gasteiger partial charge in [-0.2, -0.15) is 11.3 Å². The first-order valence-corrected chi connectivity index (χ1v) is 11.7. The summed E-state index contributed by atoms with van der Waals surface area (Å²) in [5, 5.41) is 8.01. The van der Waals surface area contributed by atoms with Gasteiger partial charge in [0.2, 0.25) is 0 Å². The number of anilines is 1. The fourth-order valence-corrected chi connectivity index (χ4v) is 3.82. The molecule has 1 aromatic heterocycles. The highest BCUT2D eigenvalue weighted by atomic mass is 32.1. The molecule has 4 nitrogen and oxygen atoms in total. The van der Waals surface area contributed by atoms with Crippen molar-refractivity contribution >= 4 is 34.4 Å². The van der Waals surface area contributed by atoms with Gasteiger partial charge in [0.15, 0.2) is 0 Å². The molecule has 0 amide bonds. The zero-order valence-electron chi connectivity index (χ0n) is 18.6. The van der Waals surface area contributed by atoms with Gasteiger partial charge in [0.05, 0.1) is 0 Å². The first-order valence-electron chi connectivity index (χ1n) is 10.3. The van der Waals surface area contributed by atoms with Gasteiger partial charge in [-0.3, -0.25) is 0 Å². The average molecular weight is 455 g/mol. The summed E-state index contributed by atoms with van der Waals surface area (Å²) in [7, 11) is 1.90. The van der Waals surface area contributed by atoms with Crippen molar-refractivity contribution in [1.29, 1.82) is 0 Å². The lowest BCUT2D eigenvalue weighted by Crippen LogP contribution is -2.29. The SMILES string of the molecule is CN(C(=S)Oc1ccc(C(C)(C)C)cc1)c1cccc(OCCNCc2ccsc2)c1. The van der Waals surface area contributed by atoms with Crippen LogP contribution in [-0.2, 0) is 12.0 Å². The van der Waals surface area contributed by atoms with Crippen molar-refractivity contribution in [2.24, 2.45) is 0 Å². The van der Waals surface area contributed by atoms with E-state index < -0.39 is 0 Å². The number of benzene rings is 2. The molecule has 0 atom stereocenters. The fourth-order valence-electron chi connectivity index (χ4n) is 2.95. The van der Waals surface area contributed by atoms with Gasteiger partial charge in [0.25, 0.3) is 5.17 Å². The van der Waals surface area contributed by atoms with Crippen LogP contribution < -0.4 is 19.7 Å². The van der Waals surface area contributed by atoms with Gasteiger partial charge < -0.3 is 19.7 Å². The topological polar surface area (TPSA) is 33.7 Å². The van der Waals surface area contributed by atoms with E-state index in [9.17, 15) is 0 Å². The van der Waals surface area contributed by atoms with Gasteiger partial charge >= 0.3 is 0 Å².